The number of anilines is 3. The maximum atomic E-state index is 16.3. The molecule has 2 N–H and O–H groups in total. The first kappa shape index (κ1) is 31.8. The number of rotatable bonds is 8. The second-order valence-corrected chi connectivity index (χ2v) is 17.0. The van der Waals surface area contributed by atoms with Crippen molar-refractivity contribution < 1.29 is 30.0 Å². The van der Waals surface area contributed by atoms with Crippen molar-refractivity contribution in [3.63, 3.8) is 0 Å². The fourth-order valence-corrected chi connectivity index (χ4v) is 10.6. The molecule has 0 amide bonds. The zero-order valence-corrected chi connectivity index (χ0v) is 27.4. The summed E-state index contributed by atoms with van der Waals surface area (Å²) in [4.78, 5) is 15.6. The Morgan fingerprint density at radius 3 is 2.26 bits per heavy atom. The van der Waals surface area contributed by atoms with Crippen LogP contribution in [0.2, 0.25) is 0 Å². The Kier molecular flexibility index (Phi) is 8.37. The number of benzene rings is 2. The lowest BCUT2D eigenvalue weighted by molar-refractivity contribution is 0.467. The van der Waals surface area contributed by atoms with Gasteiger partial charge in [-0.3, -0.25) is 4.72 Å². The van der Waals surface area contributed by atoms with Gasteiger partial charge in [-0.05, 0) is 75.3 Å². The molecule has 2 atom stereocenters. The van der Waals surface area contributed by atoms with Gasteiger partial charge in [-0.25, -0.2) is 45.0 Å². The molecule has 3 fully saturated rings. The third-order valence-corrected chi connectivity index (χ3v) is 13.2. The molecule has 2 bridgehead atoms. The van der Waals surface area contributed by atoms with E-state index >= 15 is 4.39 Å². The number of fused-ring (bicyclic) bond motifs is 2. The van der Waals surface area contributed by atoms with Crippen LogP contribution in [0.15, 0.2) is 53.6 Å². The Bertz CT molecular complexity index is 2010. The van der Waals surface area contributed by atoms with Crippen molar-refractivity contribution in [3.05, 3.63) is 66.1 Å². The average Bonchev–Trinajstić information content (AvgIpc) is 3.56. The minimum absolute atomic E-state index is 0.0216. The summed E-state index contributed by atoms with van der Waals surface area (Å²) in [6.45, 7) is 0. The third kappa shape index (κ3) is 6.29. The zero-order valence-electron chi connectivity index (χ0n) is 25.0. The molecule has 3 aliphatic heterocycles. The predicted octanol–water partition coefficient (Wildman–Crippen LogP) is 6.00. The minimum atomic E-state index is -4.84. The number of sulfonamides is 1. The van der Waals surface area contributed by atoms with Crippen LogP contribution < -0.4 is 14.9 Å². The van der Waals surface area contributed by atoms with E-state index in [0.29, 0.717) is 46.6 Å². The SMILES string of the molecule is O=S1(=O)CCC(Nc2nccc(-c3sc(N4C5CCCC4CC5)nc3-c3cccc(NS(=O)(=O)c4c(F)cccc4F)c3F)n2)CC1. The molecule has 2 aromatic heterocycles. The summed E-state index contributed by atoms with van der Waals surface area (Å²) >= 11 is 1.36. The third-order valence-electron chi connectivity index (χ3n) is 8.99. The number of hydrogen-bond donors (Lipinski definition) is 2. The second kappa shape index (κ2) is 12.4. The van der Waals surface area contributed by atoms with E-state index in [2.05, 4.69) is 15.2 Å². The standard InChI is InChI=1S/C31H31F3N6O4S3/c32-22-7-3-8-23(33)29(22)47(43,44)39-24-9-2-6-21(26(24)34)27-28(45-31(38-27)40-19-4-1-5-20(40)11-10-19)25-12-15-35-30(37-25)36-18-13-16-46(41,42)17-14-18/h2-3,6-9,12,15,18-20,39H,1,4-5,10-11,13-14,16-17H2,(H,35,36,37). The molecule has 7 rings (SSSR count). The van der Waals surface area contributed by atoms with Gasteiger partial charge in [-0.15, -0.1) is 0 Å². The number of halogens is 3. The molecule has 2 unspecified atom stereocenters. The predicted molar refractivity (Wildman–Crippen MR) is 174 cm³/mol. The molecule has 0 spiro atoms. The van der Waals surface area contributed by atoms with Crippen LogP contribution in [0.25, 0.3) is 21.8 Å². The molecule has 16 heteroatoms. The van der Waals surface area contributed by atoms with Gasteiger partial charge in [0.2, 0.25) is 5.95 Å². The van der Waals surface area contributed by atoms with Crippen LogP contribution in [0.1, 0.15) is 44.9 Å². The summed E-state index contributed by atoms with van der Waals surface area (Å²) in [6.07, 6.45) is 7.65. The summed E-state index contributed by atoms with van der Waals surface area (Å²) in [5, 5.41) is 3.93. The minimum Gasteiger partial charge on any atom is -0.351 e. The van der Waals surface area contributed by atoms with Crippen LogP contribution in [0.3, 0.4) is 0 Å². The van der Waals surface area contributed by atoms with E-state index in [0.717, 1.165) is 50.3 Å². The van der Waals surface area contributed by atoms with Gasteiger partial charge in [-0.1, -0.05) is 23.5 Å². The Balaban J connectivity index is 1.28. The van der Waals surface area contributed by atoms with Gasteiger partial charge in [0, 0.05) is 29.9 Å². The summed E-state index contributed by atoms with van der Waals surface area (Å²) in [6, 6.07) is 8.89. The van der Waals surface area contributed by atoms with Gasteiger partial charge in [0.15, 0.2) is 15.8 Å². The fraction of sp³-hybridized carbons (Fsp3) is 0.387. The number of nitrogens with zero attached hydrogens (tertiary/aromatic N) is 4. The number of thiazole rings is 1. The molecular formula is C31H31F3N6O4S3. The molecule has 10 nitrogen and oxygen atoms in total. The van der Waals surface area contributed by atoms with Crippen LogP contribution in [0.5, 0.6) is 0 Å². The monoisotopic (exact) mass is 704 g/mol. The van der Waals surface area contributed by atoms with E-state index in [9.17, 15) is 25.6 Å². The first-order valence-corrected chi connectivity index (χ1v) is 19.5. The maximum absolute atomic E-state index is 16.3. The molecule has 0 radical (unpaired) electrons. The van der Waals surface area contributed by atoms with E-state index in [4.69, 9.17) is 9.97 Å². The molecule has 0 saturated carbocycles. The number of aromatic nitrogens is 3. The van der Waals surface area contributed by atoms with Crippen molar-refractivity contribution in [1.82, 2.24) is 15.0 Å². The summed E-state index contributed by atoms with van der Waals surface area (Å²) in [7, 11) is -7.89. The van der Waals surface area contributed by atoms with Crippen molar-refractivity contribution in [2.24, 2.45) is 0 Å². The Morgan fingerprint density at radius 2 is 1.55 bits per heavy atom. The number of piperidine rings is 1. The lowest BCUT2D eigenvalue weighted by Crippen LogP contribution is -2.39. The van der Waals surface area contributed by atoms with Crippen molar-refractivity contribution in [2.45, 2.75) is 68.0 Å². The Morgan fingerprint density at radius 1 is 0.872 bits per heavy atom. The number of nitrogens with one attached hydrogen (secondary N) is 2. The van der Waals surface area contributed by atoms with Crippen LogP contribution in [-0.4, -0.2) is 61.4 Å². The van der Waals surface area contributed by atoms with Crippen molar-refractivity contribution >= 4 is 48.0 Å². The molecular weight excluding hydrogens is 674 g/mol. The topological polar surface area (TPSA) is 134 Å². The Labute approximate surface area is 274 Å². The molecule has 5 heterocycles. The van der Waals surface area contributed by atoms with E-state index in [1.165, 1.54) is 29.5 Å². The van der Waals surface area contributed by atoms with Gasteiger partial charge in [0.05, 0.1) is 33.5 Å². The molecule has 3 aliphatic rings. The number of sulfone groups is 1. The molecule has 47 heavy (non-hydrogen) atoms. The molecule has 248 valence electrons. The van der Waals surface area contributed by atoms with Crippen molar-refractivity contribution in [3.8, 4) is 21.8 Å². The highest BCUT2D eigenvalue weighted by atomic mass is 32.2. The van der Waals surface area contributed by atoms with Gasteiger partial charge in [-0.2, -0.15) is 0 Å². The first-order chi connectivity index (χ1) is 22.5. The van der Waals surface area contributed by atoms with Crippen LogP contribution >= 0.6 is 11.3 Å². The van der Waals surface area contributed by atoms with Crippen LogP contribution in [0, 0.1) is 17.5 Å². The molecule has 3 saturated heterocycles. The largest absolute Gasteiger partial charge is 0.351 e. The Hall–Kier alpha value is -3.76. The maximum Gasteiger partial charge on any atom is 0.267 e. The molecule has 2 aromatic carbocycles. The lowest BCUT2D eigenvalue weighted by atomic mass is 10.0. The van der Waals surface area contributed by atoms with Gasteiger partial charge >= 0.3 is 0 Å². The van der Waals surface area contributed by atoms with Crippen LogP contribution in [-0.2, 0) is 19.9 Å². The second-order valence-electron chi connectivity index (χ2n) is 12.1. The van der Waals surface area contributed by atoms with Crippen LogP contribution in [0.4, 0.5) is 29.9 Å². The normalized spacial score (nSPS) is 21.1. The smallest absolute Gasteiger partial charge is 0.267 e. The van der Waals surface area contributed by atoms with E-state index in [1.807, 2.05) is 4.72 Å². The summed E-state index contributed by atoms with van der Waals surface area (Å²) in [5.74, 6) is -3.14. The van der Waals surface area contributed by atoms with Gasteiger partial charge in [0.25, 0.3) is 10.0 Å². The first-order valence-electron chi connectivity index (χ1n) is 15.3. The molecule has 4 aromatic rings. The zero-order chi connectivity index (χ0) is 32.9. The summed E-state index contributed by atoms with van der Waals surface area (Å²) < 4.78 is 96.9. The van der Waals surface area contributed by atoms with Crippen molar-refractivity contribution in [2.75, 3.05) is 26.4 Å². The highest BCUT2D eigenvalue weighted by Crippen LogP contribution is 2.47. The average molecular weight is 705 g/mol. The highest BCUT2D eigenvalue weighted by molar-refractivity contribution is 7.92. The van der Waals surface area contributed by atoms with Gasteiger partial charge < -0.3 is 10.2 Å². The number of hydrogen-bond acceptors (Lipinski definition) is 10. The van der Waals surface area contributed by atoms with Crippen molar-refractivity contribution in [1.29, 1.82) is 0 Å². The fourth-order valence-electron chi connectivity index (χ4n) is 6.71. The molecule has 0 aliphatic carbocycles. The van der Waals surface area contributed by atoms with Gasteiger partial charge in [0.1, 0.15) is 21.5 Å². The van der Waals surface area contributed by atoms with E-state index in [-0.39, 0.29) is 28.8 Å². The summed E-state index contributed by atoms with van der Waals surface area (Å²) in [5.41, 5.74) is 0.166. The van der Waals surface area contributed by atoms with E-state index in [1.54, 1.807) is 12.3 Å². The van der Waals surface area contributed by atoms with E-state index < -0.39 is 47.9 Å². The lowest BCUT2D eigenvalue weighted by Gasteiger charge is -2.34. The highest BCUT2D eigenvalue weighted by Gasteiger charge is 2.39. The quantitative estimate of drug-likeness (QED) is 0.227.